The Balaban J connectivity index is 2.45. The minimum atomic E-state index is -0.681. The summed E-state index contributed by atoms with van der Waals surface area (Å²) < 4.78 is 14.4. The summed E-state index contributed by atoms with van der Waals surface area (Å²) in [5.74, 6) is -0.817. The molecule has 0 aliphatic carbocycles. The van der Waals surface area contributed by atoms with Gasteiger partial charge in [0.25, 0.3) is 5.56 Å². The third-order valence-electron chi connectivity index (χ3n) is 2.65. The summed E-state index contributed by atoms with van der Waals surface area (Å²) in [6.07, 6.45) is 0. The van der Waals surface area contributed by atoms with E-state index in [1.54, 1.807) is 6.07 Å². The zero-order valence-corrected chi connectivity index (χ0v) is 10.8. The van der Waals surface area contributed by atoms with E-state index in [2.05, 4.69) is 5.10 Å². The Morgan fingerprint density at radius 3 is 2.68 bits per heavy atom. The van der Waals surface area contributed by atoms with Gasteiger partial charge in [0.2, 0.25) is 0 Å². The van der Waals surface area contributed by atoms with E-state index in [-0.39, 0.29) is 5.56 Å². The Hall–Kier alpha value is -2.17. The number of benzene rings is 1. The highest BCUT2D eigenvalue weighted by Crippen LogP contribution is 2.23. The zero-order chi connectivity index (χ0) is 14.0. The molecular formula is C14H15FN2O2. The predicted octanol–water partition coefficient (Wildman–Crippen LogP) is 2.41. The van der Waals surface area contributed by atoms with Crippen LogP contribution in [0.5, 0.6) is 5.75 Å². The van der Waals surface area contributed by atoms with Gasteiger partial charge in [-0.3, -0.25) is 4.79 Å². The van der Waals surface area contributed by atoms with Crippen LogP contribution in [0.1, 0.15) is 13.8 Å². The third kappa shape index (κ3) is 2.99. The minimum absolute atomic E-state index is 0.177. The molecule has 5 heteroatoms. The molecule has 0 unspecified atom stereocenters. The Kier molecular flexibility index (Phi) is 3.64. The topological polar surface area (TPSA) is 55.1 Å². The van der Waals surface area contributed by atoms with Crippen LogP contribution in [0.3, 0.4) is 0 Å². The first kappa shape index (κ1) is 13.3. The molecule has 100 valence electrons. The number of aromatic hydroxyl groups is 1. The lowest BCUT2D eigenvalue weighted by Gasteiger charge is -2.09. The Morgan fingerprint density at radius 2 is 2.05 bits per heavy atom. The van der Waals surface area contributed by atoms with Crippen LogP contribution in [0.2, 0.25) is 0 Å². The first-order chi connectivity index (χ1) is 8.97. The SMILES string of the molecule is CC(C)Cn1nc(-c2ccc(F)c(O)c2)ccc1=O. The summed E-state index contributed by atoms with van der Waals surface area (Å²) >= 11 is 0. The normalized spacial score (nSPS) is 10.9. The quantitative estimate of drug-likeness (QED) is 0.924. The number of aromatic nitrogens is 2. The van der Waals surface area contributed by atoms with Gasteiger partial charge in [0.1, 0.15) is 0 Å². The van der Waals surface area contributed by atoms with Crippen LogP contribution < -0.4 is 5.56 Å². The Labute approximate surface area is 110 Å². The number of rotatable bonds is 3. The smallest absolute Gasteiger partial charge is 0.266 e. The molecule has 0 spiro atoms. The van der Waals surface area contributed by atoms with E-state index in [4.69, 9.17) is 0 Å². The maximum Gasteiger partial charge on any atom is 0.266 e. The van der Waals surface area contributed by atoms with Gasteiger partial charge in [-0.25, -0.2) is 9.07 Å². The van der Waals surface area contributed by atoms with Gasteiger partial charge in [-0.1, -0.05) is 13.8 Å². The number of hydrogen-bond donors (Lipinski definition) is 1. The summed E-state index contributed by atoms with van der Waals surface area (Å²) in [5.41, 5.74) is 0.913. The van der Waals surface area contributed by atoms with Crippen molar-refractivity contribution in [2.45, 2.75) is 20.4 Å². The van der Waals surface area contributed by atoms with Gasteiger partial charge >= 0.3 is 0 Å². The maximum absolute atomic E-state index is 13.0. The lowest BCUT2D eigenvalue weighted by atomic mass is 10.1. The number of phenolic OH excluding ortho intramolecular Hbond substituents is 1. The molecular weight excluding hydrogens is 247 g/mol. The van der Waals surface area contributed by atoms with Crippen molar-refractivity contribution in [2.24, 2.45) is 5.92 Å². The lowest BCUT2D eigenvalue weighted by Crippen LogP contribution is -2.24. The maximum atomic E-state index is 13.0. The second-order valence-electron chi connectivity index (χ2n) is 4.80. The van der Waals surface area contributed by atoms with Crippen LogP contribution in [0, 0.1) is 11.7 Å². The highest BCUT2D eigenvalue weighted by atomic mass is 19.1. The van der Waals surface area contributed by atoms with Gasteiger partial charge in [-0.05, 0) is 30.2 Å². The molecule has 0 bridgehead atoms. The predicted molar refractivity (Wildman–Crippen MR) is 70.4 cm³/mol. The largest absolute Gasteiger partial charge is 0.505 e. The number of phenols is 1. The van der Waals surface area contributed by atoms with Crippen molar-refractivity contribution < 1.29 is 9.50 Å². The van der Waals surface area contributed by atoms with E-state index in [0.29, 0.717) is 23.7 Å². The highest BCUT2D eigenvalue weighted by molar-refractivity contribution is 5.60. The molecule has 0 saturated heterocycles. The molecule has 1 N–H and O–H groups in total. The van der Waals surface area contributed by atoms with Crippen molar-refractivity contribution in [3.8, 4) is 17.0 Å². The Morgan fingerprint density at radius 1 is 1.32 bits per heavy atom. The van der Waals surface area contributed by atoms with Crippen LogP contribution in [-0.2, 0) is 6.54 Å². The summed E-state index contributed by atoms with van der Waals surface area (Å²) in [4.78, 5) is 11.7. The molecule has 1 aromatic carbocycles. The molecule has 0 fully saturated rings. The van der Waals surface area contributed by atoms with Gasteiger partial charge in [0, 0.05) is 18.2 Å². The van der Waals surface area contributed by atoms with E-state index in [9.17, 15) is 14.3 Å². The molecule has 4 nitrogen and oxygen atoms in total. The van der Waals surface area contributed by atoms with E-state index >= 15 is 0 Å². The van der Waals surface area contributed by atoms with E-state index < -0.39 is 11.6 Å². The fourth-order valence-corrected chi connectivity index (χ4v) is 1.75. The number of nitrogens with zero attached hydrogens (tertiary/aromatic N) is 2. The molecule has 1 heterocycles. The second kappa shape index (κ2) is 5.22. The van der Waals surface area contributed by atoms with E-state index in [0.717, 1.165) is 0 Å². The van der Waals surface area contributed by atoms with Crippen LogP contribution >= 0.6 is 0 Å². The first-order valence-corrected chi connectivity index (χ1v) is 6.04. The molecule has 0 radical (unpaired) electrons. The van der Waals surface area contributed by atoms with Crippen molar-refractivity contribution >= 4 is 0 Å². The second-order valence-corrected chi connectivity index (χ2v) is 4.80. The number of halogens is 1. The summed E-state index contributed by atoms with van der Waals surface area (Å²) in [6.45, 7) is 4.49. The molecule has 0 aliphatic heterocycles. The van der Waals surface area contributed by atoms with Crippen LogP contribution in [0.4, 0.5) is 4.39 Å². The molecule has 19 heavy (non-hydrogen) atoms. The first-order valence-electron chi connectivity index (χ1n) is 6.04. The molecule has 0 atom stereocenters. The van der Waals surface area contributed by atoms with Crippen molar-refractivity contribution in [1.82, 2.24) is 9.78 Å². The van der Waals surface area contributed by atoms with Gasteiger partial charge in [-0.2, -0.15) is 5.10 Å². The van der Waals surface area contributed by atoms with Gasteiger partial charge in [-0.15, -0.1) is 0 Å². The molecule has 2 aromatic rings. The zero-order valence-electron chi connectivity index (χ0n) is 10.8. The Bertz CT molecular complexity index is 650. The highest BCUT2D eigenvalue weighted by Gasteiger charge is 2.07. The summed E-state index contributed by atoms with van der Waals surface area (Å²) in [6, 6.07) is 6.96. The van der Waals surface area contributed by atoms with E-state index in [1.807, 2.05) is 13.8 Å². The third-order valence-corrected chi connectivity index (χ3v) is 2.65. The molecule has 0 saturated carbocycles. The van der Waals surface area contributed by atoms with Gasteiger partial charge in [0.05, 0.1) is 5.69 Å². The summed E-state index contributed by atoms with van der Waals surface area (Å²) in [7, 11) is 0. The van der Waals surface area contributed by atoms with Crippen molar-refractivity contribution in [3.63, 3.8) is 0 Å². The fraction of sp³-hybridized carbons (Fsp3) is 0.286. The molecule has 1 aromatic heterocycles. The minimum Gasteiger partial charge on any atom is -0.505 e. The molecule has 0 aliphatic rings. The van der Waals surface area contributed by atoms with Crippen LogP contribution in [0.15, 0.2) is 35.1 Å². The van der Waals surface area contributed by atoms with Crippen LogP contribution in [-0.4, -0.2) is 14.9 Å². The van der Waals surface area contributed by atoms with Gasteiger partial charge in [0.15, 0.2) is 11.6 Å². The average Bonchev–Trinajstić information content (AvgIpc) is 2.35. The standard InChI is InChI=1S/C14H15FN2O2/c1-9(2)8-17-14(19)6-5-12(16-17)10-3-4-11(15)13(18)7-10/h3-7,9,18H,8H2,1-2H3. The van der Waals surface area contributed by atoms with Crippen molar-refractivity contribution in [3.05, 3.63) is 46.5 Å². The molecule has 2 rings (SSSR count). The van der Waals surface area contributed by atoms with Gasteiger partial charge < -0.3 is 5.11 Å². The average molecular weight is 262 g/mol. The monoisotopic (exact) mass is 262 g/mol. The van der Waals surface area contributed by atoms with Crippen molar-refractivity contribution in [1.29, 1.82) is 0 Å². The van der Waals surface area contributed by atoms with E-state index in [1.165, 1.54) is 28.9 Å². The summed E-state index contributed by atoms with van der Waals surface area (Å²) in [5, 5.41) is 13.6. The van der Waals surface area contributed by atoms with Crippen molar-refractivity contribution in [2.75, 3.05) is 0 Å². The molecule has 0 amide bonds. The van der Waals surface area contributed by atoms with Crippen LogP contribution in [0.25, 0.3) is 11.3 Å². The number of hydrogen-bond acceptors (Lipinski definition) is 3. The fourth-order valence-electron chi connectivity index (χ4n) is 1.75. The lowest BCUT2D eigenvalue weighted by molar-refractivity contribution is 0.432.